The van der Waals surface area contributed by atoms with Crippen molar-refractivity contribution in [1.29, 1.82) is 0 Å². The summed E-state index contributed by atoms with van der Waals surface area (Å²) in [6, 6.07) is 0. The summed E-state index contributed by atoms with van der Waals surface area (Å²) < 4.78 is 0. The number of benzene rings is 1. The average Bonchev–Trinajstić information content (AvgIpc) is 1.97. The number of fused-ring (bicyclic) bond motifs is 1. The zero-order chi connectivity index (χ0) is 8.88. The largest absolute Gasteiger partial charge is 0.397 e. The highest BCUT2D eigenvalue weighted by Gasteiger charge is 2.23. The van der Waals surface area contributed by atoms with E-state index >= 15 is 0 Å². The number of anilines is 4. The zero-order valence-electron chi connectivity index (χ0n) is 6.72. The van der Waals surface area contributed by atoms with E-state index in [0.717, 1.165) is 24.0 Å². The molecule has 4 nitrogen and oxygen atoms in total. The lowest BCUT2D eigenvalue weighted by molar-refractivity contribution is 0.849. The topological polar surface area (TPSA) is 104 Å². The van der Waals surface area contributed by atoms with Crippen molar-refractivity contribution in [3.05, 3.63) is 11.1 Å². The highest BCUT2D eigenvalue weighted by Crippen LogP contribution is 2.42. The summed E-state index contributed by atoms with van der Waals surface area (Å²) >= 11 is 0. The van der Waals surface area contributed by atoms with Gasteiger partial charge in [-0.05, 0) is 24.0 Å². The summed E-state index contributed by atoms with van der Waals surface area (Å²) in [5.74, 6) is 0. The molecule has 0 bridgehead atoms. The Morgan fingerprint density at radius 1 is 0.583 bits per heavy atom. The Hall–Kier alpha value is -1.58. The van der Waals surface area contributed by atoms with Crippen LogP contribution in [0.2, 0.25) is 0 Å². The highest BCUT2D eigenvalue weighted by molar-refractivity contribution is 5.92. The molecule has 0 aliphatic heterocycles. The maximum Gasteiger partial charge on any atom is 0.0805 e. The highest BCUT2D eigenvalue weighted by atomic mass is 14.8. The third-order valence-electron chi connectivity index (χ3n) is 2.51. The van der Waals surface area contributed by atoms with E-state index in [1.54, 1.807) is 0 Å². The van der Waals surface area contributed by atoms with Gasteiger partial charge < -0.3 is 22.9 Å². The molecular weight excluding hydrogens is 152 g/mol. The van der Waals surface area contributed by atoms with Crippen LogP contribution in [0.15, 0.2) is 0 Å². The standard InChI is InChI=1S/C8H12N4/c9-5-3-1-2-4(3)6(10)8(12)7(5)11/h1-2,9-12H2. The molecule has 0 amide bonds. The third kappa shape index (κ3) is 0.617. The molecule has 2 rings (SSSR count). The van der Waals surface area contributed by atoms with Crippen molar-refractivity contribution in [3.8, 4) is 0 Å². The van der Waals surface area contributed by atoms with Gasteiger partial charge in [0, 0.05) is 0 Å². The number of hydrogen-bond acceptors (Lipinski definition) is 4. The predicted molar refractivity (Wildman–Crippen MR) is 51.5 cm³/mol. The molecule has 1 aromatic rings. The van der Waals surface area contributed by atoms with E-state index in [1.165, 1.54) is 0 Å². The normalized spacial score (nSPS) is 13.7. The van der Waals surface area contributed by atoms with Gasteiger partial charge in [-0.2, -0.15) is 0 Å². The van der Waals surface area contributed by atoms with Gasteiger partial charge in [0.2, 0.25) is 0 Å². The Balaban J connectivity index is 2.78. The first-order valence-electron chi connectivity index (χ1n) is 3.86. The van der Waals surface area contributed by atoms with Crippen molar-refractivity contribution >= 4 is 22.7 Å². The Labute approximate surface area is 70.5 Å². The molecule has 8 N–H and O–H groups in total. The second-order valence-corrected chi connectivity index (χ2v) is 3.11. The molecule has 64 valence electrons. The lowest BCUT2D eigenvalue weighted by atomic mass is 9.84. The maximum absolute atomic E-state index is 5.74. The SMILES string of the molecule is Nc1c(N)c(N)c2c(c1N)CC2. The molecule has 12 heavy (non-hydrogen) atoms. The zero-order valence-corrected chi connectivity index (χ0v) is 6.72. The molecule has 0 aromatic heterocycles. The summed E-state index contributed by atoms with van der Waals surface area (Å²) in [7, 11) is 0. The molecule has 0 spiro atoms. The van der Waals surface area contributed by atoms with Gasteiger partial charge in [0.1, 0.15) is 0 Å². The van der Waals surface area contributed by atoms with E-state index in [4.69, 9.17) is 22.9 Å². The van der Waals surface area contributed by atoms with Gasteiger partial charge in [-0.15, -0.1) is 0 Å². The molecule has 1 aliphatic rings. The molecule has 0 saturated heterocycles. The fourth-order valence-corrected chi connectivity index (χ4v) is 1.58. The third-order valence-corrected chi connectivity index (χ3v) is 2.51. The van der Waals surface area contributed by atoms with E-state index < -0.39 is 0 Å². The van der Waals surface area contributed by atoms with Gasteiger partial charge in [0.15, 0.2) is 0 Å². The molecule has 0 heterocycles. The van der Waals surface area contributed by atoms with Crippen LogP contribution in [-0.4, -0.2) is 0 Å². The first-order valence-corrected chi connectivity index (χ1v) is 3.86. The van der Waals surface area contributed by atoms with E-state index in [0.29, 0.717) is 22.7 Å². The van der Waals surface area contributed by atoms with Crippen LogP contribution < -0.4 is 22.9 Å². The molecular formula is C8H12N4. The van der Waals surface area contributed by atoms with Crippen LogP contribution in [0.4, 0.5) is 22.7 Å². The minimum absolute atomic E-state index is 0.436. The molecule has 0 atom stereocenters. The minimum atomic E-state index is 0.436. The van der Waals surface area contributed by atoms with Crippen molar-refractivity contribution in [3.63, 3.8) is 0 Å². The molecule has 0 unspecified atom stereocenters. The fourth-order valence-electron chi connectivity index (χ4n) is 1.58. The van der Waals surface area contributed by atoms with Gasteiger partial charge in [0.05, 0.1) is 22.7 Å². The van der Waals surface area contributed by atoms with Crippen molar-refractivity contribution in [2.45, 2.75) is 12.8 Å². The first-order chi connectivity index (χ1) is 5.63. The van der Waals surface area contributed by atoms with Crippen LogP contribution in [0.1, 0.15) is 11.1 Å². The predicted octanol–water partition coefficient (Wildman–Crippen LogP) is 0.114. The van der Waals surface area contributed by atoms with Crippen LogP contribution in [0, 0.1) is 0 Å². The molecule has 0 saturated carbocycles. The van der Waals surface area contributed by atoms with E-state index in [9.17, 15) is 0 Å². The van der Waals surface area contributed by atoms with Crippen LogP contribution in [0.5, 0.6) is 0 Å². The Morgan fingerprint density at radius 2 is 0.917 bits per heavy atom. The quantitative estimate of drug-likeness (QED) is 0.408. The Bertz CT molecular complexity index is 266. The van der Waals surface area contributed by atoms with E-state index in [2.05, 4.69) is 0 Å². The maximum atomic E-state index is 5.74. The van der Waals surface area contributed by atoms with Crippen molar-refractivity contribution in [2.75, 3.05) is 22.9 Å². The lowest BCUT2D eigenvalue weighted by Gasteiger charge is -2.25. The van der Waals surface area contributed by atoms with Crippen molar-refractivity contribution in [2.24, 2.45) is 0 Å². The number of hydrogen-bond donors (Lipinski definition) is 4. The second-order valence-electron chi connectivity index (χ2n) is 3.11. The average molecular weight is 164 g/mol. The van der Waals surface area contributed by atoms with Gasteiger partial charge in [-0.3, -0.25) is 0 Å². The molecule has 1 aromatic carbocycles. The lowest BCUT2D eigenvalue weighted by Crippen LogP contribution is -2.18. The summed E-state index contributed by atoms with van der Waals surface area (Å²) in [5, 5.41) is 0. The van der Waals surface area contributed by atoms with Gasteiger partial charge in [0.25, 0.3) is 0 Å². The van der Waals surface area contributed by atoms with Crippen LogP contribution in [-0.2, 0) is 12.8 Å². The molecule has 0 fully saturated rings. The van der Waals surface area contributed by atoms with Gasteiger partial charge >= 0.3 is 0 Å². The van der Waals surface area contributed by atoms with E-state index in [1.807, 2.05) is 0 Å². The Morgan fingerprint density at radius 3 is 1.17 bits per heavy atom. The van der Waals surface area contributed by atoms with Crippen molar-refractivity contribution < 1.29 is 0 Å². The second kappa shape index (κ2) is 1.97. The summed E-state index contributed by atoms with van der Waals surface area (Å²) in [4.78, 5) is 0. The van der Waals surface area contributed by atoms with Gasteiger partial charge in [-0.25, -0.2) is 0 Å². The smallest absolute Gasteiger partial charge is 0.0805 e. The van der Waals surface area contributed by atoms with Crippen molar-refractivity contribution in [1.82, 2.24) is 0 Å². The van der Waals surface area contributed by atoms with Crippen LogP contribution in [0.3, 0.4) is 0 Å². The van der Waals surface area contributed by atoms with Crippen LogP contribution >= 0.6 is 0 Å². The first kappa shape index (κ1) is 7.09. The molecule has 1 aliphatic carbocycles. The summed E-state index contributed by atoms with van der Waals surface area (Å²) in [6.45, 7) is 0. The Kier molecular flexibility index (Phi) is 1.16. The minimum Gasteiger partial charge on any atom is -0.397 e. The number of nitrogens with two attached hydrogens (primary N) is 4. The van der Waals surface area contributed by atoms with Gasteiger partial charge in [-0.1, -0.05) is 0 Å². The fraction of sp³-hybridized carbons (Fsp3) is 0.250. The number of nitrogen functional groups attached to an aromatic ring is 4. The van der Waals surface area contributed by atoms with Crippen LogP contribution in [0.25, 0.3) is 0 Å². The van der Waals surface area contributed by atoms with E-state index in [-0.39, 0.29) is 0 Å². The summed E-state index contributed by atoms with van der Waals surface area (Å²) in [5.41, 5.74) is 27.1. The number of rotatable bonds is 0. The monoisotopic (exact) mass is 164 g/mol. The molecule has 4 heteroatoms. The molecule has 0 radical (unpaired) electrons. The summed E-state index contributed by atoms with van der Waals surface area (Å²) in [6.07, 6.45) is 1.94.